The van der Waals surface area contributed by atoms with Gasteiger partial charge in [-0.15, -0.1) is 0 Å². The molecule has 0 aliphatic carbocycles. The summed E-state index contributed by atoms with van der Waals surface area (Å²) in [7, 11) is 3.12. The van der Waals surface area contributed by atoms with E-state index in [1.54, 1.807) is 30.1 Å². The molecule has 1 aromatic heterocycles. The molecule has 2 aromatic rings. The van der Waals surface area contributed by atoms with Crippen LogP contribution in [0.4, 0.5) is 19.0 Å². The fourth-order valence-corrected chi connectivity index (χ4v) is 3.72. The first-order valence-corrected chi connectivity index (χ1v) is 10.1. The van der Waals surface area contributed by atoms with E-state index in [0.29, 0.717) is 56.3 Å². The van der Waals surface area contributed by atoms with Crippen LogP contribution in [-0.4, -0.2) is 56.2 Å². The van der Waals surface area contributed by atoms with Crippen LogP contribution in [0.25, 0.3) is 0 Å². The number of benzene rings is 1. The number of amides is 1. The topological polar surface area (TPSA) is 54.9 Å². The van der Waals surface area contributed by atoms with Crippen molar-refractivity contribution in [3.63, 3.8) is 0 Å². The largest absolute Gasteiger partial charge is 0.493 e. The molecular weight excluding hydrogens is 435 g/mol. The highest BCUT2D eigenvalue weighted by molar-refractivity contribution is 6.33. The van der Waals surface area contributed by atoms with E-state index in [1.807, 2.05) is 12.1 Å². The SMILES string of the molecule is COc1ccc(CCC(=O)N2CCN(c3ncc(C(F)(F)F)cc3Cl)CC2)cc1OC. The summed E-state index contributed by atoms with van der Waals surface area (Å²) in [6.07, 6.45) is -2.81. The second kappa shape index (κ2) is 9.64. The number of pyridine rings is 1. The van der Waals surface area contributed by atoms with Gasteiger partial charge < -0.3 is 19.3 Å². The lowest BCUT2D eigenvalue weighted by atomic mass is 10.1. The fraction of sp³-hybridized carbons (Fsp3) is 0.429. The number of carbonyl (C=O) groups is 1. The number of carbonyl (C=O) groups excluding carboxylic acids is 1. The van der Waals surface area contributed by atoms with Crippen molar-refractivity contribution in [1.29, 1.82) is 0 Å². The molecule has 0 bridgehead atoms. The van der Waals surface area contributed by atoms with E-state index in [1.165, 1.54) is 0 Å². The maximum Gasteiger partial charge on any atom is 0.417 e. The lowest BCUT2D eigenvalue weighted by Gasteiger charge is -2.36. The van der Waals surface area contributed by atoms with E-state index in [9.17, 15) is 18.0 Å². The molecule has 0 spiro atoms. The Hall–Kier alpha value is -2.68. The number of hydrogen-bond acceptors (Lipinski definition) is 5. The molecule has 1 saturated heterocycles. The Morgan fingerprint density at radius 1 is 1.10 bits per heavy atom. The number of nitrogens with zero attached hydrogens (tertiary/aromatic N) is 3. The summed E-state index contributed by atoms with van der Waals surface area (Å²) in [5.41, 5.74) is 0.0793. The van der Waals surface area contributed by atoms with Crippen molar-refractivity contribution in [2.24, 2.45) is 0 Å². The van der Waals surface area contributed by atoms with Gasteiger partial charge in [-0.2, -0.15) is 13.2 Å². The van der Waals surface area contributed by atoms with Gasteiger partial charge in [0, 0.05) is 38.8 Å². The number of aryl methyl sites for hydroxylation is 1. The number of ether oxygens (including phenoxy) is 2. The Morgan fingerprint density at radius 2 is 1.77 bits per heavy atom. The quantitative estimate of drug-likeness (QED) is 0.655. The van der Waals surface area contributed by atoms with Crippen molar-refractivity contribution in [2.75, 3.05) is 45.3 Å². The molecule has 0 atom stereocenters. The van der Waals surface area contributed by atoms with Crippen LogP contribution in [0.15, 0.2) is 30.5 Å². The summed E-state index contributed by atoms with van der Waals surface area (Å²) in [4.78, 5) is 20.0. The van der Waals surface area contributed by atoms with E-state index >= 15 is 0 Å². The van der Waals surface area contributed by atoms with Crippen LogP contribution in [0, 0.1) is 0 Å². The Morgan fingerprint density at radius 3 is 2.35 bits per heavy atom. The van der Waals surface area contributed by atoms with Crippen LogP contribution >= 0.6 is 11.6 Å². The van der Waals surface area contributed by atoms with Gasteiger partial charge in [0.2, 0.25) is 5.91 Å². The second-order valence-corrected chi connectivity index (χ2v) is 7.49. The van der Waals surface area contributed by atoms with Crippen molar-refractivity contribution in [1.82, 2.24) is 9.88 Å². The predicted molar refractivity (Wildman–Crippen MR) is 111 cm³/mol. The van der Waals surface area contributed by atoms with E-state index in [2.05, 4.69) is 4.98 Å². The molecule has 3 rings (SSSR count). The number of alkyl halides is 3. The first-order valence-electron chi connectivity index (χ1n) is 9.69. The zero-order valence-corrected chi connectivity index (χ0v) is 18.0. The third-order valence-electron chi connectivity index (χ3n) is 5.16. The molecule has 1 aliphatic heterocycles. The highest BCUT2D eigenvalue weighted by atomic mass is 35.5. The van der Waals surface area contributed by atoms with Gasteiger partial charge >= 0.3 is 6.18 Å². The van der Waals surface area contributed by atoms with Gasteiger partial charge in [0.1, 0.15) is 5.82 Å². The molecule has 1 amide bonds. The standard InChI is InChI=1S/C21H23ClF3N3O3/c1-30-17-5-3-14(11-18(17)31-2)4-6-19(29)27-7-9-28(10-8-27)20-16(22)12-15(13-26-20)21(23,24)25/h3,5,11-13H,4,6-10H2,1-2H3. The first-order chi connectivity index (χ1) is 14.7. The van der Waals surface area contributed by atoms with Gasteiger partial charge in [-0.1, -0.05) is 17.7 Å². The van der Waals surface area contributed by atoms with Crippen LogP contribution in [-0.2, 0) is 17.4 Å². The van der Waals surface area contributed by atoms with E-state index in [-0.39, 0.29) is 10.9 Å². The lowest BCUT2D eigenvalue weighted by Crippen LogP contribution is -2.49. The molecule has 1 fully saturated rings. The molecule has 0 N–H and O–H groups in total. The Labute approximate surface area is 183 Å². The zero-order chi connectivity index (χ0) is 22.6. The summed E-state index contributed by atoms with van der Waals surface area (Å²) in [6, 6.07) is 6.43. The van der Waals surface area contributed by atoms with Crippen LogP contribution in [0.2, 0.25) is 5.02 Å². The highest BCUT2D eigenvalue weighted by Gasteiger charge is 2.32. The van der Waals surface area contributed by atoms with Crippen molar-refractivity contribution in [3.05, 3.63) is 46.6 Å². The Kier molecular flexibility index (Phi) is 7.15. The summed E-state index contributed by atoms with van der Waals surface area (Å²) < 4.78 is 48.9. The molecule has 10 heteroatoms. The fourth-order valence-electron chi connectivity index (χ4n) is 3.43. The number of piperazine rings is 1. The molecule has 1 aromatic carbocycles. The van der Waals surface area contributed by atoms with Crippen molar-refractivity contribution in [2.45, 2.75) is 19.0 Å². The van der Waals surface area contributed by atoms with E-state index in [4.69, 9.17) is 21.1 Å². The molecule has 31 heavy (non-hydrogen) atoms. The number of halogens is 4. The average molecular weight is 458 g/mol. The minimum atomic E-state index is -4.49. The molecule has 0 saturated carbocycles. The second-order valence-electron chi connectivity index (χ2n) is 7.08. The normalized spacial score (nSPS) is 14.5. The lowest BCUT2D eigenvalue weighted by molar-refractivity contribution is -0.137. The van der Waals surface area contributed by atoms with E-state index in [0.717, 1.165) is 17.8 Å². The maximum absolute atomic E-state index is 12.8. The van der Waals surface area contributed by atoms with Gasteiger partial charge in [-0.25, -0.2) is 4.98 Å². The van der Waals surface area contributed by atoms with E-state index < -0.39 is 11.7 Å². The third kappa shape index (κ3) is 5.52. The minimum Gasteiger partial charge on any atom is -0.493 e. The van der Waals surface area contributed by atoms with Crippen molar-refractivity contribution < 1.29 is 27.4 Å². The van der Waals surface area contributed by atoms with Gasteiger partial charge in [-0.05, 0) is 30.2 Å². The molecule has 6 nitrogen and oxygen atoms in total. The Balaban J connectivity index is 1.54. The highest BCUT2D eigenvalue weighted by Crippen LogP contribution is 2.34. The third-order valence-corrected chi connectivity index (χ3v) is 5.43. The number of rotatable bonds is 6. The van der Waals surface area contributed by atoms with Crippen LogP contribution < -0.4 is 14.4 Å². The predicted octanol–water partition coefficient (Wildman–Crippen LogP) is 4.05. The van der Waals surface area contributed by atoms with Crippen LogP contribution in [0.5, 0.6) is 11.5 Å². The molecule has 2 heterocycles. The molecular formula is C21H23ClF3N3O3. The summed E-state index contributed by atoms with van der Waals surface area (Å²) in [5, 5.41) is -0.0527. The molecule has 0 unspecified atom stereocenters. The summed E-state index contributed by atoms with van der Waals surface area (Å²) >= 11 is 6.03. The van der Waals surface area contributed by atoms with Gasteiger partial charge in [-0.3, -0.25) is 4.79 Å². The molecule has 168 valence electrons. The first kappa shape index (κ1) is 23.0. The number of hydrogen-bond donors (Lipinski definition) is 0. The Bertz CT molecular complexity index is 932. The van der Waals surface area contributed by atoms with Crippen molar-refractivity contribution >= 4 is 23.3 Å². The average Bonchev–Trinajstić information content (AvgIpc) is 2.76. The molecule has 0 radical (unpaired) electrons. The monoisotopic (exact) mass is 457 g/mol. The number of anilines is 1. The van der Waals surface area contributed by atoms with Gasteiger partial charge in [0.25, 0.3) is 0 Å². The van der Waals surface area contributed by atoms with Gasteiger partial charge in [0.05, 0.1) is 24.8 Å². The van der Waals surface area contributed by atoms with Crippen molar-refractivity contribution in [3.8, 4) is 11.5 Å². The zero-order valence-electron chi connectivity index (χ0n) is 17.2. The minimum absolute atomic E-state index is 0.0147. The maximum atomic E-state index is 12.8. The van der Waals surface area contributed by atoms with Crippen LogP contribution in [0.3, 0.4) is 0 Å². The smallest absolute Gasteiger partial charge is 0.417 e. The summed E-state index contributed by atoms with van der Waals surface area (Å²) in [6.45, 7) is 1.79. The number of aromatic nitrogens is 1. The van der Waals surface area contributed by atoms with Gasteiger partial charge in [0.15, 0.2) is 11.5 Å². The summed E-state index contributed by atoms with van der Waals surface area (Å²) in [5.74, 6) is 1.55. The molecule has 1 aliphatic rings. The number of methoxy groups -OCH3 is 2. The van der Waals surface area contributed by atoms with Crippen LogP contribution in [0.1, 0.15) is 17.5 Å².